The summed E-state index contributed by atoms with van der Waals surface area (Å²) in [6.07, 6.45) is 7.60. The van der Waals surface area contributed by atoms with Gasteiger partial charge in [-0.1, -0.05) is 12.8 Å². The monoisotopic (exact) mass is 404 g/mol. The summed E-state index contributed by atoms with van der Waals surface area (Å²) in [6, 6.07) is 3.26. The average molecular weight is 405 g/mol. The van der Waals surface area contributed by atoms with Crippen LogP contribution in [0.3, 0.4) is 0 Å². The summed E-state index contributed by atoms with van der Waals surface area (Å²) < 4.78 is 13.9. The number of carbonyl (C=O) groups is 2. The molecule has 0 spiro atoms. The van der Waals surface area contributed by atoms with Crippen molar-refractivity contribution in [2.75, 3.05) is 18.4 Å². The van der Waals surface area contributed by atoms with Crippen molar-refractivity contribution in [3.8, 4) is 0 Å². The second-order valence-corrected chi connectivity index (χ2v) is 8.98. The summed E-state index contributed by atoms with van der Waals surface area (Å²) in [5.41, 5.74) is 5.56. The topological polar surface area (TPSA) is 88.3 Å². The number of hydrogen-bond donors (Lipinski definition) is 2. The average Bonchev–Trinajstić information content (AvgIpc) is 2.68. The van der Waals surface area contributed by atoms with Crippen LogP contribution in [0.15, 0.2) is 18.3 Å². The first-order valence-electron chi connectivity index (χ1n) is 10.7. The van der Waals surface area contributed by atoms with Crippen LogP contribution in [0.1, 0.15) is 64.5 Å². The summed E-state index contributed by atoms with van der Waals surface area (Å²) >= 11 is 0. The molecule has 0 radical (unpaired) electrons. The van der Waals surface area contributed by atoms with E-state index in [2.05, 4.69) is 10.3 Å². The van der Waals surface area contributed by atoms with Gasteiger partial charge in [-0.2, -0.15) is 0 Å². The first-order chi connectivity index (χ1) is 13.7. The highest BCUT2D eigenvalue weighted by atomic mass is 19.1. The van der Waals surface area contributed by atoms with E-state index in [0.29, 0.717) is 30.9 Å². The molecule has 160 valence electrons. The molecule has 2 unspecified atom stereocenters. The van der Waals surface area contributed by atoms with Gasteiger partial charge in [0.1, 0.15) is 5.67 Å². The van der Waals surface area contributed by atoms with Crippen LogP contribution >= 0.6 is 0 Å². The van der Waals surface area contributed by atoms with Crippen LogP contribution < -0.4 is 11.1 Å². The minimum Gasteiger partial charge on any atom is -0.342 e. The molecular formula is C22H33FN4O2. The first kappa shape index (κ1) is 21.7. The number of anilines is 1. The van der Waals surface area contributed by atoms with Gasteiger partial charge in [0.05, 0.1) is 23.5 Å². The van der Waals surface area contributed by atoms with Gasteiger partial charge in [-0.15, -0.1) is 0 Å². The summed E-state index contributed by atoms with van der Waals surface area (Å²) in [5, 5.41) is 2.84. The number of alkyl halides is 1. The molecule has 2 aliphatic rings. The lowest BCUT2D eigenvalue weighted by Gasteiger charge is -2.37. The van der Waals surface area contributed by atoms with Crippen molar-refractivity contribution in [1.82, 2.24) is 9.88 Å². The van der Waals surface area contributed by atoms with Gasteiger partial charge < -0.3 is 16.0 Å². The Bertz CT molecular complexity index is 709. The SMILES string of the molecule is CC(C)(F)c1ccc(NC(=O)CC2CCN(C(=O)C3CCCCC3N)CC2)cn1. The largest absolute Gasteiger partial charge is 0.342 e. The molecule has 29 heavy (non-hydrogen) atoms. The van der Waals surface area contributed by atoms with Crippen LogP contribution in [0.2, 0.25) is 0 Å². The summed E-state index contributed by atoms with van der Waals surface area (Å²) in [4.78, 5) is 31.1. The number of piperidine rings is 1. The van der Waals surface area contributed by atoms with Gasteiger partial charge in [-0.25, -0.2) is 4.39 Å². The number of nitrogens with one attached hydrogen (secondary N) is 1. The molecule has 2 atom stereocenters. The number of rotatable bonds is 5. The highest BCUT2D eigenvalue weighted by Gasteiger charge is 2.33. The Kier molecular flexibility index (Phi) is 6.88. The molecule has 1 saturated heterocycles. The van der Waals surface area contributed by atoms with Gasteiger partial charge in [0.15, 0.2) is 0 Å². The number of likely N-dealkylation sites (tertiary alicyclic amines) is 1. The van der Waals surface area contributed by atoms with E-state index in [9.17, 15) is 14.0 Å². The standard InChI is InChI=1S/C22H33FN4O2/c1-22(2,23)19-8-7-16(14-25-19)26-20(28)13-15-9-11-27(12-10-15)21(29)17-5-3-4-6-18(17)24/h7-8,14-15,17-18H,3-6,9-13,24H2,1-2H3,(H,26,28). The molecule has 3 N–H and O–H groups in total. The fourth-order valence-corrected chi connectivity index (χ4v) is 4.35. The molecule has 1 saturated carbocycles. The van der Waals surface area contributed by atoms with E-state index < -0.39 is 5.67 Å². The molecule has 1 aromatic rings. The number of hydrogen-bond acceptors (Lipinski definition) is 4. The van der Waals surface area contributed by atoms with E-state index in [4.69, 9.17) is 5.73 Å². The van der Waals surface area contributed by atoms with Crippen molar-refractivity contribution in [3.05, 3.63) is 24.0 Å². The summed E-state index contributed by atoms with van der Waals surface area (Å²) in [7, 11) is 0. The second kappa shape index (κ2) is 9.20. The van der Waals surface area contributed by atoms with Gasteiger partial charge in [0, 0.05) is 25.6 Å². The predicted octanol–water partition coefficient (Wildman–Crippen LogP) is 3.37. The fourth-order valence-electron chi connectivity index (χ4n) is 4.35. The number of halogens is 1. The Morgan fingerprint density at radius 3 is 2.48 bits per heavy atom. The molecule has 1 aromatic heterocycles. The van der Waals surface area contributed by atoms with E-state index in [1.54, 1.807) is 12.1 Å². The van der Waals surface area contributed by atoms with Gasteiger partial charge in [0.25, 0.3) is 0 Å². The maximum absolute atomic E-state index is 13.9. The van der Waals surface area contributed by atoms with Crippen LogP contribution in [-0.2, 0) is 15.3 Å². The third-order valence-electron chi connectivity index (χ3n) is 6.19. The van der Waals surface area contributed by atoms with Crippen molar-refractivity contribution in [1.29, 1.82) is 0 Å². The lowest BCUT2D eigenvalue weighted by Crippen LogP contribution is -2.48. The van der Waals surface area contributed by atoms with Gasteiger partial charge in [-0.3, -0.25) is 14.6 Å². The van der Waals surface area contributed by atoms with Gasteiger partial charge in [0.2, 0.25) is 11.8 Å². The highest BCUT2D eigenvalue weighted by Crippen LogP contribution is 2.28. The number of aromatic nitrogens is 1. The zero-order valence-electron chi connectivity index (χ0n) is 17.5. The number of carbonyl (C=O) groups excluding carboxylic acids is 2. The number of amides is 2. The van der Waals surface area contributed by atoms with Crippen molar-refractivity contribution >= 4 is 17.5 Å². The molecule has 7 heteroatoms. The lowest BCUT2D eigenvalue weighted by atomic mass is 9.83. The van der Waals surface area contributed by atoms with Crippen molar-refractivity contribution in [2.45, 2.75) is 70.5 Å². The molecule has 2 heterocycles. The smallest absolute Gasteiger partial charge is 0.227 e. The molecule has 1 aliphatic carbocycles. The molecule has 2 fully saturated rings. The number of nitrogens with two attached hydrogens (primary N) is 1. The van der Waals surface area contributed by atoms with Crippen LogP contribution in [0.25, 0.3) is 0 Å². The minimum atomic E-state index is -1.50. The minimum absolute atomic E-state index is 0.0114. The van der Waals surface area contributed by atoms with E-state index in [1.165, 1.54) is 20.0 Å². The third kappa shape index (κ3) is 5.75. The molecule has 1 aliphatic heterocycles. The Morgan fingerprint density at radius 2 is 1.90 bits per heavy atom. The third-order valence-corrected chi connectivity index (χ3v) is 6.19. The highest BCUT2D eigenvalue weighted by molar-refractivity contribution is 5.90. The van der Waals surface area contributed by atoms with E-state index in [0.717, 1.165) is 38.5 Å². The van der Waals surface area contributed by atoms with Gasteiger partial charge in [-0.05, 0) is 57.6 Å². The zero-order valence-corrected chi connectivity index (χ0v) is 17.5. The number of nitrogens with zero attached hydrogens (tertiary/aromatic N) is 2. The quantitative estimate of drug-likeness (QED) is 0.788. The van der Waals surface area contributed by atoms with E-state index in [-0.39, 0.29) is 29.7 Å². The molecule has 0 aromatic carbocycles. The van der Waals surface area contributed by atoms with E-state index >= 15 is 0 Å². The second-order valence-electron chi connectivity index (χ2n) is 8.98. The Hall–Kier alpha value is -2.02. The molecule has 3 rings (SSSR count). The van der Waals surface area contributed by atoms with Crippen LogP contribution in [-0.4, -0.2) is 40.8 Å². The first-order valence-corrected chi connectivity index (χ1v) is 10.7. The molecular weight excluding hydrogens is 371 g/mol. The van der Waals surface area contributed by atoms with Crippen molar-refractivity contribution < 1.29 is 14.0 Å². The molecule has 6 nitrogen and oxygen atoms in total. The fraction of sp³-hybridized carbons (Fsp3) is 0.682. The van der Waals surface area contributed by atoms with Crippen molar-refractivity contribution in [2.24, 2.45) is 17.6 Å². The lowest BCUT2D eigenvalue weighted by molar-refractivity contribution is -0.138. The summed E-state index contributed by atoms with van der Waals surface area (Å²) in [6.45, 7) is 4.29. The Balaban J connectivity index is 1.44. The van der Waals surface area contributed by atoms with Crippen LogP contribution in [0, 0.1) is 11.8 Å². The molecule has 2 amide bonds. The predicted molar refractivity (Wildman–Crippen MR) is 111 cm³/mol. The molecule has 0 bridgehead atoms. The Labute approximate surface area is 172 Å². The van der Waals surface area contributed by atoms with Crippen LogP contribution in [0.4, 0.5) is 10.1 Å². The van der Waals surface area contributed by atoms with E-state index in [1.807, 2.05) is 4.90 Å². The summed E-state index contributed by atoms with van der Waals surface area (Å²) in [5.74, 6) is 0.352. The van der Waals surface area contributed by atoms with Gasteiger partial charge >= 0.3 is 0 Å². The number of pyridine rings is 1. The zero-order chi connectivity index (χ0) is 21.0. The normalized spacial score (nSPS) is 23.7. The Morgan fingerprint density at radius 1 is 1.21 bits per heavy atom. The maximum Gasteiger partial charge on any atom is 0.227 e. The maximum atomic E-state index is 13.9. The van der Waals surface area contributed by atoms with Crippen LogP contribution in [0.5, 0.6) is 0 Å². The van der Waals surface area contributed by atoms with Crippen molar-refractivity contribution in [3.63, 3.8) is 0 Å².